The fourth-order valence-corrected chi connectivity index (χ4v) is 5.50. The highest BCUT2D eigenvalue weighted by molar-refractivity contribution is 7.07. The molecule has 38 heavy (non-hydrogen) atoms. The van der Waals surface area contributed by atoms with Crippen molar-refractivity contribution in [3.63, 3.8) is 0 Å². The van der Waals surface area contributed by atoms with Crippen LogP contribution >= 0.6 is 22.9 Å². The van der Waals surface area contributed by atoms with Crippen LogP contribution in [-0.2, 0) is 9.53 Å². The van der Waals surface area contributed by atoms with Crippen LogP contribution in [0.3, 0.4) is 0 Å². The highest BCUT2D eigenvalue weighted by Gasteiger charge is 2.33. The first-order valence-corrected chi connectivity index (χ1v) is 12.8. The molecular formula is C27H20ClN3O6S. The van der Waals surface area contributed by atoms with Gasteiger partial charge in [-0.3, -0.25) is 19.5 Å². The Morgan fingerprint density at radius 2 is 2.00 bits per heavy atom. The number of hydrogen-bond acceptors (Lipinski definition) is 8. The van der Waals surface area contributed by atoms with Crippen LogP contribution < -0.4 is 14.9 Å². The average Bonchev–Trinajstić information content (AvgIpc) is 3.48. The van der Waals surface area contributed by atoms with Crippen molar-refractivity contribution in [2.75, 3.05) is 6.61 Å². The molecule has 4 aromatic rings. The minimum atomic E-state index is -0.711. The van der Waals surface area contributed by atoms with Crippen LogP contribution in [0, 0.1) is 10.1 Å². The molecule has 0 saturated heterocycles. The van der Waals surface area contributed by atoms with E-state index in [1.54, 1.807) is 32.1 Å². The summed E-state index contributed by atoms with van der Waals surface area (Å²) in [5.74, 6) is 0.0548. The lowest BCUT2D eigenvalue weighted by atomic mass is 9.96. The van der Waals surface area contributed by atoms with E-state index in [0.29, 0.717) is 26.4 Å². The average molecular weight is 550 g/mol. The Morgan fingerprint density at radius 3 is 2.71 bits per heavy atom. The van der Waals surface area contributed by atoms with E-state index in [4.69, 9.17) is 20.8 Å². The molecule has 1 aliphatic heterocycles. The third-order valence-electron chi connectivity index (χ3n) is 5.95. The number of nitro benzene ring substituents is 1. The number of carbonyl (C=O) groups excluding carboxylic acids is 1. The summed E-state index contributed by atoms with van der Waals surface area (Å²) in [4.78, 5) is 42.5. The number of fused-ring (bicyclic) bond motifs is 1. The van der Waals surface area contributed by atoms with Crippen molar-refractivity contribution < 1.29 is 18.9 Å². The Labute approximate surface area is 224 Å². The van der Waals surface area contributed by atoms with Crippen LogP contribution in [0.5, 0.6) is 0 Å². The van der Waals surface area contributed by atoms with Gasteiger partial charge in [0.1, 0.15) is 11.5 Å². The molecule has 192 valence electrons. The number of allylic oxidation sites excluding steroid dienone is 1. The summed E-state index contributed by atoms with van der Waals surface area (Å²) in [6.07, 6.45) is 1.56. The quantitative estimate of drug-likeness (QED) is 0.197. The topological polar surface area (TPSA) is 117 Å². The Balaban J connectivity index is 1.63. The summed E-state index contributed by atoms with van der Waals surface area (Å²) in [5.41, 5.74) is 1.23. The molecule has 0 N–H and O–H groups in total. The first-order chi connectivity index (χ1) is 18.3. The molecule has 0 radical (unpaired) electrons. The van der Waals surface area contributed by atoms with Gasteiger partial charge in [-0.25, -0.2) is 9.79 Å². The molecule has 1 aliphatic rings. The summed E-state index contributed by atoms with van der Waals surface area (Å²) >= 11 is 7.08. The lowest BCUT2D eigenvalue weighted by Gasteiger charge is -2.24. The Bertz CT molecular complexity index is 1780. The maximum Gasteiger partial charge on any atom is 0.338 e. The number of furan rings is 1. The molecule has 2 aromatic carbocycles. The van der Waals surface area contributed by atoms with Crippen LogP contribution in [0.25, 0.3) is 17.4 Å². The predicted molar refractivity (Wildman–Crippen MR) is 143 cm³/mol. The van der Waals surface area contributed by atoms with Crippen LogP contribution in [0.2, 0.25) is 5.02 Å². The highest BCUT2D eigenvalue weighted by atomic mass is 35.5. The first kappa shape index (κ1) is 25.4. The fraction of sp³-hybridized carbons (Fsp3) is 0.148. The van der Waals surface area contributed by atoms with Crippen molar-refractivity contribution in [2.24, 2.45) is 4.99 Å². The van der Waals surface area contributed by atoms with Gasteiger partial charge in [0, 0.05) is 17.2 Å². The number of carbonyl (C=O) groups is 1. The standard InChI is InChI=1S/C27H20ClN3O6S/c1-3-36-26(33)23-15(2)29-27-30(24(23)16-7-5-4-6-8-16)25(32)22(38-27)14-18-10-12-21(37-18)19-11-9-17(28)13-20(19)31(34)35/h4-14,24H,3H2,1-2H3/b22-14-/t24-/m1/s1. The maximum atomic E-state index is 13.7. The first-order valence-electron chi connectivity index (χ1n) is 11.6. The molecule has 0 saturated carbocycles. The van der Waals surface area contributed by atoms with Crippen molar-refractivity contribution >= 4 is 40.7 Å². The van der Waals surface area contributed by atoms with Crippen molar-refractivity contribution in [2.45, 2.75) is 19.9 Å². The van der Waals surface area contributed by atoms with Crippen LogP contribution in [0.1, 0.15) is 31.2 Å². The Morgan fingerprint density at radius 1 is 1.24 bits per heavy atom. The number of hydrogen-bond donors (Lipinski definition) is 0. The Kier molecular flexibility index (Phi) is 6.83. The van der Waals surface area contributed by atoms with Gasteiger partial charge in [-0.2, -0.15) is 0 Å². The van der Waals surface area contributed by atoms with Crippen LogP contribution in [-0.4, -0.2) is 22.1 Å². The summed E-state index contributed by atoms with van der Waals surface area (Å²) < 4.78 is 13.0. The molecule has 5 rings (SSSR count). The van der Waals surface area contributed by atoms with E-state index in [-0.39, 0.29) is 34.2 Å². The number of esters is 1. The molecule has 0 amide bonds. The molecule has 0 spiro atoms. The second kappa shape index (κ2) is 10.2. The summed E-state index contributed by atoms with van der Waals surface area (Å²) in [6.45, 7) is 3.63. The molecule has 3 heterocycles. The zero-order valence-corrected chi connectivity index (χ0v) is 21.8. The largest absolute Gasteiger partial charge is 0.463 e. The minimum Gasteiger partial charge on any atom is -0.463 e. The van der Waals surface area contributed by atoms with Gasteiger partial charge in [0.25, 0.3) is 11.2 Å². The Hall–Kier alpha value is -4.28. The number of thiazole rings is 1. The number of benzene rings is 2. The van der Waals surface area contributed by atoms with E-state index in [1.165, 1.54) is 22.8 Å². The number of nitrogens with zero attached hydrogens (tertiary/aromatic N) is 3. The zero-order valence-electron chi connectivity index (χ0n) is 20.2. The van der Waals surface area contributed by atoms with Crippen molar-refractivity contribution in [3.05, 3.63) is 118 Å². The second-order valence-corrected chi connectivity index (χ2v) is 9.78. The van der Waals surface area contributed by atoms with Gasteiger partial charge < -0.3 is 9.15 Å². The van der Waals surface area contributed by atoms with Gasteiger partial charge in [0.15, 0.2) is 4.80 Å². The summed E-state index contributed by atoms with van der Waals surface area (Å²) in [7, 11) is 0. The summed E-state index contributed by atoms with van der Waals surface area (Å²) in [6, 6.07) is 16.0. The predicted octanol–water partition coefficient (Wildman–Crippen LogP) is 4.62. The maximum absolute atomic E-state index is 13.7. The van der Waals surface area contributed by atoms with E-state index in [1.807, 2.05) is 30.3 Å². The van der Waals surface area contributed by atoms with Gasteiger partial charge in [0.2, 0.25) is 0 Å². The monoisotopic (exact) mass is 549 g/mol. The van der Waals surface area contributed by atoms with E-state index < -0.39 is 16.9 Å². The van der Waals surface area contributed by atoms with Gasteiger partial charge >= 0.3 is 5.97 Å². The highest BCUT2D eigenvalue weighted by Crippen LogP contribution is 2.34. The van der Waals surface area contributed by atoms with Gasteiger partial charge in [-0.05, 0) is 43.7 Å². The normalized spacial score (nSPS) is 15.2. The fourth-order valence-electron chi connectivity index (χ4n) is 4.31. The van der Waals surface area contributed by atoms with Gasteiger partial charge in [0.05, 0.1) is 38.9 Å². The lowest BCUT2D eigenvalue weighted by molar-refractivity contribution is -0.384. The molecule has 11 heteroatoms. The minimum absolute atomic E-state index is 0.189. The molecule has 2 aromatic heterocycles. The van der Waals surface area contributed by atoms with Crippen LogP contribution in [0.15, 0.2) is 86.1 Å². The molecule has 1 atom stereocenters. The third kappa shape index (κ3) is 4.59. The van der Waals surface area contributed by atoms with Crippen molar-refractivity contribution in [1.29, 1.82) is 0 Å². The molecule has 0 bridgehead atoms. The molecule has 0 unspecified atom stereocenters. The van der Waals surface area contributed by atoms with Gasteiger partial charge in [-0.1, -0.05) is 53.3 Å². The van der Waals surface area contributed by atoms with Crippen LogP contribution in [0.4, 0.5) is 5.69 Å². The molecule has 9 nitrogen and oxygen atoms in total. The molecular weight excluding hydrogens is 530 g/mol. The lowest BCUT2D eigenvalue weighted by Crippen LogP contribution is -2.39. The second-order valence-electron chi connectivity index (χ2n) is 8.33. The number of ether oxygens (including phenoxy) is 1. The van der Waals surface area contributed by atoms with E-state index in [2.05, 4.69) is 4.99 Å². The number of nitro groups is 1. The molecule has 0 aliphatic carbocycles. The zero-order chi connectivity index (χ0) is 27.0. The van der Waals surface area contributed by atoms with Gasteiger partial charge in [-0.15, -0.1) is 0 Å². The van der Waals surface area contributed by atoms with E-state index >= 15 is 0 Å². The van der Waals surface area contributed by atoms with Crippen molar-refractivity contribution in [3.8, 4) is 11.3 Å². The molecule has 0 fully saturated rings. The van der Waals surface area contributed by atoms with Crippen molar-refractivity contribution in [1.82, 2.24) is 4.57 Å². The SMILES string of the molecule is CCOC(=O)C1=C(C)N=c2s/c(=C\c3ccc(-c4ccc(Cl)cc4[N+](=O)[O-])o3)c(=O)n2[C@@H]1c1ccccc1. The number of halogens is 1. The third-order valence-corrected chi connectivity index (χ3v) is 7.17. The smallest absolute Gasteiger partial charge is 0.338 e. The summed E-state index contributed by atoms with van der Waals surface area (Å²) in [5, 5.41) is 11.7. The van der Waals surface area contributed by atoms with E-state index in [9.17, 15) is 19.7 Å². The van der Waals surface area contributed by atoms with E-state index in [0.717, 1.165) is 16.9 Å². The number of aromatic nitrogens is 1. The number of rotatable bonds is 6.